The van der Waals surface area contributed by atoms with Crippen molar-refractivity contribution >= 4 is 14.8 Å². The van der Waals surface area contributed by atoms with Gasteiger partial charge >= 0.3 is 0 Å². The van der Waals surface area contributed by atoms with Crippen LogP contribution in [-0.2, 0) is 4.43 Å². The van der Waals surface area contributed by atoms with Crippen LogP contribution in [0.1, 0.15) is 33.1 Å². The van der Waals surface area contributed by atoms with Crippen LogP contribution >= 0.6 is 0 Å². The summed E-state index contributed by atoms with van der Waals surface area (Å²) in [6.07, 6.45) is 3.69. The van der Waals surface area contributed by atoms with Gasteiger partial charge in [0.25, 0.3) is 0 Å². The molecule has 0 amide bonds. The number of hydrogen-bond donors (Lipinski definition) is 0. The van der Waals surface area contributed by atoms with E-state index >= 15 is 0 Å². The minimum absolute atomic E-state index is 0.552. The van der Waals surface area contributed by atoms with E-state index < -0.39 is 9.04 Å². The highest BCUT2D eigenvalue weighted by Gasteiger charge is 2.01. The van der Waals surface area contributed by atoms with Gasteiger partial charge in [0.15, 0.2) is 0 Å². The molecule has 0 fully saturated rings. The molecule has 0 atom stereocenters. The van der Waals surface area contributed by atoms with Crippen molar-refractivity contribution in [2.45, 2.75) is 45.7 Å². The summed E-state index contributed by atoms with van der Waals surface area (Å²) in [5.74, 6) is 0. The van der Waals surface area contributed by atoms with Gasteiger partial charge in [0.1, 0.15) is 0 Å². The number of aliphatic imine (C=N–C) groups is 1. The van der Waals surface area contributed by atoms with Crippen LogP contribution < -0.4 is 0 Å². The summed E-state index contributed by atoms with van der Waals surface area (Å²) >= 11 is 0. The summed E-state index contributed by atoms with van der Waals surface area (Å²) in [5.41, 5.74) is 1.30. The highest BCUT2D eigenvalue weighted by atomic mass is 28.3. The van der Waals surface area contributed by atoms with Gasteiger partial charge in [0.2, 0.25) is 9.04 Å². The van der Waals surface area contributed by atoms with Gasteiger partial charge in [0, 0.05) is 19.4 Å². The molecule has 1 radical (unpaired) electrons. The Morgan fingerprint density at radius 2 is 2.15 bits per heavy atom. The highest BCUT2D eigenvalue weighted by molar-refractivity contribution is 6.50. The Morgan fingerprint density at radius 1 is 1.46 bits per heavy atom. The third-order valence-electron chi connectivity index (χ3n) is 2.09. The Kier molecular flexibility index (Phi) is 8.35. The molecule has 0 aliphatic rings. The van der Waals surface area contributed by atoms with E-state index in [4.69, 9.17) is 4.43 Å². The van der Waals surface area contributed by atoms with E-state index in [2.05, 4.69) is 25.4 Å². The van der Waals surface area contributed by atoms with Crippen molar-refractivity contribution < 1.29 is 4.43 Å². The zero-order valence-electron chi connectivity index (χ0n) is 9.39. The molecule has 77 valence electrons. The number of unbranched alkanes of at least 4 members (excludes halogenated alkanes) is 1. The molecule has 2 nitrogen and oxygen atoms in total. The largest absolute Gasteiger partial charge is 0.420 e. The molecule has 0 aliphatic heterocycles. The van der Waals surface area contributed by atoms with E-state index in [0.29, 0.717) is 0 Å². The van der Waals surface area contributed by atoms with Crippen molar-refractivity contribution in [1.82, 2.24) is 0 Å². The van der Waals surface area contributed by atoms with Crippen LogP contribution in [-0.4, -0.2) is 28.4 Å². The van der Waals surface area contributed by atoms with Gasteiger partial charge in [-0.15, -0.1) is 0 Å². The van der Waals surface area contributed by atoms with Crippen molar-refractivity contribution in [3.05, 3.63) is 0 Å². The lowest BCUT2D eigenvalue weighted by molar-refractivity contribution is 0.424. The van der Waals surface area contributed by atoms with Crippen LogP contribution in [0.3, 0.4) is 0 Å². The molecular formula is C10H22NOSi. The van der Waals surface area contributed by atoms with Crippen molar-refractivity contribution in [2.75, 3.05) is 13.7 Å². The van der Waals surface area contributed by atoms with Crippen molar-refractivity contribution in [3.63, 3.8) is 0 Å². The molecule has 0 aromatic heterocycles. The topological polar surface area (TPSA) is 21.6 Å². The van der Waals surface area contributed by atoms with E-state index in [1.54, 1.807) is 7.11 Å². The third kappa shape index (κ3) is 8.18. The summed E-state index contributed by atoms with van der Waals surface area (Å²) in [7, 11) is 1.24. The Hall–Kier alpha value is -0.153. The molecule has 0 saturated carbocycles. The number of hydrogen-bond acceptors (Lipinski definition) is 2. The second-order valence-corrected chi connectivity index (χ2v) is 5.69. The van der Waals surface area contributed by atoms with Gasteiger partial charge in [-0.05, 0) is 32.4 Å². The predicted molar refractivity (Wildman–Crippen MR) is 60.9 cm³/mol. The Morgan fingerprint density at radius 3 is 2.69 bits per heavy atom. The number of nitrogens with zero attached hydrogens (tertiary/aromatic N) is 1. The lowest BCUT2D eigenvalue weighted by Gasteiger charge is -2.04. The minimum Gasteiger partial charge on any atom is -0.420 e. The third-order valence-corrected chi connectivity index (χ3v) is 3.71. The zero-order valence-corrected chi connectivity index (χ0v) is 10.4. The van der Waals surface area contributed by atoms with Gasteiger partial charge in [0.05, 0.1) is 0 Å². The molecule has 0 unspecified atom stereocenters. The van der Waals surface area contributed by atoms with E-state index in [0.717, 1.165) is 19.0 Å². The fourth-order valence-electron chi connectivity index (χ4n) is 1.02. The van der Waals surface area contributed by atoms with E-state index in [1.807, 2.05) is 0 Å². The second kappa shape index (κ2) is 8.45. The normalized spacial score (nSPS) is 12.5. The van der Waals surface area contributed by atoms with Crippen molar-refractivity contribution in [1.29, 1.82) is 0 Å². The molecule has 0 aromatic carbocycles. The fourth-order valence-corrected chi connectivity index (χ4v) is 1.65. The molecule has 0 N–H and O–H groups in total. The van der Waals surface area contributed by atoms with Gasteiger partial charge < -0.3 is 4.43 Å². The van der Waals surface area contributed by atoms with E-state index in [1.165, 1.54) is 18.6 Å². The molecule has 0 aromatic rings. The zero-order chi connectivity index (χ0) is 10.1. The molecule has 13 heavy (non-hydrogen) atoms. The van der Waals surface area contributed by atoms with Crippen LogP contribution in [0, 0.1) is 0 Å². The van der Waals surface area contributed by atoms with Crippen molar-refractivity contribution in [3.8, 4) is 0 Å². The number of rotatable bonds is 7. The van der Waals surface area contributed by atoms with Crippen molar-refractivity contribution in [2.24, 2.45) is 4.99 Å². The standard InChI is InChI=1S/C10H22NOSi/c1-5-6-7-10(2)11-8-9-13(4)12-3/h5-9H2,1-4H3. The first-order valence-electron chi connectivity index (χ1n) is 5.07. The predicted octanol–water partition coefficient (Wildman–Crippen LogP) is 2.91. The molecule has 0 spiro atoms. The second-order valence-electron chi connectivity index (χ2n) is 3.38. The average Bonchev–Trinajstić information content (AvgIpc) is 2.14. The molecule has 0 bridgehead atoms. The smallest absolute Gasteiger partial charge is 0.209 e. The van der Waals surface area contributed by atoms with Gasteiger partial charge in [-0.3, -0.25) is 4.99 Å². The summed E-state index contributed by atoms with van der Waals surface area (Å²) in [6.45, 7) is 7.48. The monoisotopic (exact) mass is 200 g/mol. The minimum atomic E-state index is -0.552. The van der Waals surface area contributed by atoms with Gasteiger partial charge in [-0.1, -0.05) is 13.3 Å². The van der Waals surface area contributed by atoms with Crippen LogP contribution in [0.2, 0.25) is 12.6 Å². The van der Waals surface area contributed by atoms with Gasteiger partial charge in [-0.2, -0.15) is 0 Å². The van der Waals surface area contributed by atoms with E-state index in [-0.39, 0.29) is 0 Å². The average molecular weight is 200 g/mol. The molecule has 0 heterocycles. The maximum absolute atomic E-state index is 5.25. The van der Waals surface area contributed by atoms with E-state index in [9.17, 15) is 0 Å². The highest BCUT2D eigenvalue weighted by Crippen LogP contribution is 1.99. The molecule has 0 aliphatic carbocycles. The molecule has 0 saturated heterocycles. The first-order chi connectivity index (χ1) is 6.20. The first kappa shape index (κ1) is 12.8. The molecular weight excluding hydrogens is 178 g/mol. The maximum Gasteiger partial charge on any atom is 0.209 e. The van der Waals surface area contributed by atoms with Gasteiger partial charge in [-0.25, -0.2) is 0 Å². The lowest BCUT2D eigenvalue weighted by atomic mass is 10.2. The Balaban J connectivity index is 3.46. The molecule has 3 heteroatoms. The van der Waals surface area contributed by atoms with Crippen LogP contribution in [0.25, 0.3) is 0 Å². The fraction of sp³-hybridized carbons (Fsp3) is 0.900. The Bertz CT molecular complexity index is 148. The van der Waals surface area contributed by atoms with Crippen LogP contribution in [0.5, 0.6) is 0 Å². The summed E-state index contributed by atoms with van der Waals surface area (Å²) < 4.78 is 5.25. The quantitative estimate of drug-likeness (QED) is 0.457. The molecule has 0 rings (SSSR count). The summed E-state index contributed by atoms with van der Waals surface area (Å²) in [5, 5.41) is 0. The van der Waals surface area contributed by atoms with Crippen LogP contribution in [0.4, 0.5) is 0 Å². The SMILES string of the molecule is CCCCC(C)=NCC[Si](C)OC. The first-order valence-corrected chi connectivity index (χ1v) is 7.18. The lowest BCUT2D eigenvalue weighted by Crippen LogP contribution is -2.11. The Labute approximate surface area is 84.1 Å². The summed E-state index contributed by atoms with van der Waals surface area (Å²) in [4.78, 5) is 4.51. The maximum atomic E-state index is 5.25. The van der Waals surface area contributed by atoms with Crippen LogP contribution in [0.15, 0.2) is 4.99 Å². The summed E-state index contributed by atoms with van der Waals surface area (Å²) in [6, 6.07) is 1.13.